The lowest BCUT2D eigenvalue weighted by molar-refractivity contribution is -0.292. The van der Waals surface area contributed by atoms with Crippen LogP contribution in [0.25, 0.3) is 11.4 Å². The van der Waals surface area contributed by atoms with Gasteiger partial charge in [0.2, 0.25) is 0 Å². The van der Waals surface area contributed by atoms with Gasteiger partial charge in [-0.15, -0.1) is 0 Å². The molecule has 0 unspecified atom stereocenters. The summed E-state index contributed by atoms with van der Waals surface area (Å²) in [6, 6.07) is 6.45. The summed E-state index contributed by atoms with van der Waals surface area (Å²) in [6.45, 7) is 0. The zero-order valence-corrected chi connectivity index (χ0v) is 11.3. The number of halogens is 8. The van der Waals surface area contributed by atoms with E-state index in [1.54, 1.807) is 4.98 Å². The summed E-state index contributed by atoms with van der Waals surface area (Å²) >= 11 is 0. The number of nitrogens with one attached hydrogen (secondary N) is 1. The van der Waals surface area contributed by atoms with Crippen LogP contribution in [0.2, 0.25) is 0 Å². The Morgan fingerprint density at radius 2 is 1.42 bits per heavy atom. The Labute approximate surface area is 128 Å². The topological polar surface area (TPSA) is 45.8 Å². The molecule has 0 fully saturated rings. The summed E-state index contributed by atoms with van der Waals surface area (Å²) in [5, 5.41) is 0. The average Bonchev–Trinajstić information content (AvgIpc) is 2.44. The van der Waals surface area contributed by atoms with Gasteiger partial charge in [0, 0.05) is 5.56 Å². The molecule has 1 aromatic carbocycles. The molecule has 0 amide bonds. The van der Waals surface area contributed by atoms with Crippen LogP contribution in [0.3, 0.4) is 0 Å². The van der Waals surface area contributed by atoms with Gasteiger partial charge >= 0.3 is 18.3 Å². The molecule has 0 aliphatic carbocycles. The Morgan fingerprint density at radius 1 is 0.875 bits per heavy atom. The quantitative estimate of drug-likeness (QED) is 0.822. The molecule has 0 aliphatic rings. The van der Waals surface area contributed by atoms with Crippen LogP contribution < -0.4 is 5.56 Å². The lowest BCUT2D eigenvalue weighted by atomic mass is 10.1. The number of H-pyrrole nitrogens is 1. The lowest BCUT2D eigenvalue weighted by Crippen LogP contribution is -2.40. The fraction of sp³-hybridized carbons (Fsp3) is 0.231. The highest BCUT2D eigenvalue weighted by atomic mass is 19.4. The normalized spacial score (nSPS) is 13.2. The predicted octanol–water partition coefficient (Wildman–Crippen LogP) is 4.11. The Bertz CT molecular complexity index is 792. The van der Waals surface area contributed by atoms with Crippen LogP contribution in [-0.4, -0.2) is 16.1 Å². The fourth-order valence-corrected chi connectivity index (χ4v) is 1.83. The van der Waals surface area contributed by atoms with E-state index in [2.05, 4.69) is 4.98 Å². The number of aromatic amines is 1. The SMILES string of the molecule is O=c1[nH]c(-c2ccccc2)nc(C(F)(F)C(F)(F)F)c1C(F)(F)F. The van der Waals surface area contributed by atoms with Gasteiger partial charge in [-0.2, -0.15) is 35.1 Å². The molecular weight excluding hydrogens is 352 g/mol. The molecule has 0 saturated carbocycles. The molecule has 0 bridgehead atoms. The van der Waals surface area contributed by atoms with Gasteiger partial charge in [0.1, 0.15) is 17.1 Å². The van der Waals surface area contributed by atoms with E-state index in [1.807, 2.05) is 0 Å². The molecule has 0 radical (unpaired) electrons. The molecule has 130 valence electrons. The highest BCUT2D eigenvalue weighted by molar-refractivity contribution is 5.55. The fourth-order valence-electron chi connectivity index (χ4n) is 1.83. The number of alkyl halides is 8. The van der Waals surface area contributed by atoms with Crippen molar-refractivity contribution in [2.75, 3.05) is 0 Å². The first kappa shape index (κ1) is 17.9. The number of nitrogens with zero attached hydrogens (tertiary/aromatic N) is 1. The largest absolute Gasteiger partial charge is 0.459 e. The van der Waals surface area contributed by atoms with Crippen LogP contribution >= 0.6 is 0 Å². The summed E-state index contributed by atoms with van der Waals surface area (Å²) in [4.78, 5) is 15.9. The van der Waals surface area contributed by atoms with Crippen LogP contribution in [0.4, 0.5) is 35.1 Å². The third-order valence-electron chi connectivity index (χ3n) is 2.90. The Hall–Kier alpha value is -2.46. The van der Waals surface area contributed by atoms with Crippen molar-refractivity contribution in [2.45, 2.75) is 18.3 Å². The van der Waals surface area contributed by atoms with E-state index in [-0.39, 0.29) is 5.56 Å². The minimum absolute atomic E-state index is 0.137. The highest BCUT2D eigenvalue weighted by Crippen LogP contribution is 2.46. The second kappa shape index (κ2) is 5.56. The van der Waals surface area contributed by atoms with Gasteiger partial charge in [0.05, 0.1) is 0 Å². The van der Waals surface area contributed by atoms with Crippen molar-refractivity contribution in [1.82, 2.24) is 9.97 Å². The van der Waals surface area contributed by atoms with Crippen LogP contribution in [0.15, 0.2) is 35.1 Å². The van der Waals surface area contributed by atoms with E-state index in [4.69, 9.17) is 0 Å². The molecule has 0 saturated heterocycles. The highest BCUT2D eigenvalue weighted by Gasteiger charge is 2.63. The van der Waals surface area contributed by atoms with Gasteiger partial charge in [-0.25, -0.2) is 4.98 Å². The molecule has 2 aromatic rings. The second-order valence-electron chi connectivity index (χ2n) is 4.57. The van der Waals surface area contributed by atoms with E-state index in [1.165, 1.54) is 30.3 Å². The van der Waals surface area contributed by atoms with E-state index < -0.39 is 40.9 Å². The van der Waals surface area contributed by atoms with Crippen molar-refractivity contribution in [2.24, 2.45) is 0 Å². The van der Waals surface area contributed by atoms with Crippen molar-refractivity contribution in [3.8, 4) is 11.4 Å². The second-order valence-corrected chi connectivity index (χ2v) is 4.57. The molecule has 2 rings (SSSR count). The first-order chi connectivity index (χ1) is 10.9. The lowest BCUT2D eigenvalue weighted by Gasteiger charge is -2.22. The van der Waals surface area contributed by atoms with E-state index in [0.717, 1.165) is 0 Å². The minimum Gasteiger partial charge on any atom is -0.306 e. The van der Waals surface area contributed by atoms with Gasteiger partial charge in [-0.1, -0.05) is 30.3 Å². The molecule has 24 heavy (non-hydrogen) atoms. The Kier molecular flexibility index (Phi) is 4.15. The standard InChI is InChI=1S/C13H6F8N2O/c14-11(15,13(19,20)21)8-7(12(16,17)18)10(24)23-9(22-8)6-4-2-1-3-5-6/h1-5H,(H,22,23,24). The molecule has 0 spiro atoms. The van der Waals surface area contributed by atoms with Crippen LogP contribution in [-0.2, 0) is 12.1 Å². The van der Waals surface area contributed by atoms with E-state index >= 15 is 0 Å². The maximum atomic E-state index is 13.5. The molecule has 3 nitrogen and oxygen atoms in total. The zero-order chi connectivity index (χ0) is 18.3. The Morgan fingerprint density at radius 3 is 1.88 bits per heavy atom. The summed E-state index contributed by atoms with van der Waals surface area (Å²) < 4.78 is 103. The van der Waals surface area contributed by atoms with E-state index in [0.29, 0.717) is 0 Å². The van der Waals surface area contributed by atoms with Gasteiger partial charge in [-0.3, -0.25) is 4.79 Å². The van der Waals surface area contributed by atoms with Crippen LogP contribution in [0.5, 0.6) is 0 Å². The number of hydrogen-bond acceptors (Lipinski definition) is 2. The third kappa shape index (κ3) is 3.10. The molecule has 0 atom stereocenters. The number of hydrogen-bond donors (Lipinski definition) is 1. The van der Waals surface area contributed by atoms with Crippen LogP contribution in [0.1, 0.15) is 11.3 Å². The molecule has 1 heterocycles. The van der Waals surface area contributed by atoms with Crippen molar-refractivity contribution in [1.29, 1.82) is 0 Å². The average molecular weight is 358 g/mol. The zero-order valence-electron chi connectivity index (χ0n) is 11.3. The first-order valence-corrected chi connectivity index (χ1v) is 6.07. The van der Waals surface area contributed by atoms with E-state index in [9.17, 15) is 39.9 Å². The van der Waals surface area contributed by atoms with Crippen molar-refractivity contribution in [3.63, 3.8) is 0 Å². The minimum atomic E-state index is -6.36. The van der Waals surface area contributed by atoms with Crippen molar-refractivity contribution >= 4 is 0 Å². The van der Waals surface area contributed by atoms with Crippen molar-refractivity contribution < 1.29 is 35.1 Å². The van der Waals surface area contributed by atoms with Crippen LogP contribution in [0, 0.1) is 0 Å². The molecule has 1 N–H and O–H groups in total. The summed E-state index contributed by atoms with van der Waals surface area (Å²) in [6.07, 6.45) is -12.1. The van der Waals surface area contributed by atoms with Gasteiger partial charge in [-0.05, 0) is 0 Å². The number of aromatic nitrogens is 2. The molecular formula is C13H6F8N2O. The monoisotopic (exact) mass is 358 g/mol. The molecule has 11 heteroatoms. The summed E-state index contributed by atoms with van der Waals surface area (Å²) in [7, 11) is 0. The smallest absolute Gasteiger partial charge is 0.306 e. The maximum Gasteiger partial charge on any atom is 0.459 e. The van der Waals surface area contributed by atoms with Crippen molar-refractivity contribution in [3.05, 3.63) is 51.9 Å². The Balaban J connectivity index is 2.84. The maximum absolute atomic E-state index is 13.5. The number of rotatable bonds is 2. The summed E-state index contributed by atoms with van der Waals surface area (Å²) in [5.41, 5.74) is -7.66. The molecule has 1 aromatic heterocycles. The van der Waals surface area contributed by atoms with Gasteiger partial charge in [0.15, 0.2) is 0 Å². The summed E-state index contributed by atoms with van der Waals surface area (Å²) in [5.74, 6) is -6.80. The van der Waals surface area contributed by atoms with Gasteiger partial charge in [0.25, 0.3) is 5.56 Å². The van der Waals surface area contributed by atoms with Gasteiger partial charge < -0.3 is 4.98 Å². The first-order valence-electron chi connectivity index (χ1n) is 6.07. The predicted molar refractivity (Wildman–Crippen MR) is 65.2 cm³/mol. The molecule has 0 aliphatic heterocycles. The number of benzene rings is 1. The third-order valence-corrected chi connectivity index (χ3v) is 2.90.